The zero-order valence-electron chi connectivity index (χ0n) is 16.1. The molecule has 0 bridgehead atoms. The third-order valence-corrected chi connectivity index (χ3v) is 4.45. The van der Waals surface area contributed by atoms with E-state index in [1.165, 1.54) is 0 Å². The number of carbonyl (C=O) groups excluding carboxylic acids is 1. The number of carbonyl (C=O) groups is 1. The van der Waals surface area contributed by atoms with E-state index < -0.39 is 0 Å². The van der Waals surface area contributed by atoms with Gasteiger partial charge in [0.1, 0.15) is 11.5 Å². The number of nitrogens with one attached hydrogen (secondary N) is 2. The Morgan fingerprint density at radius 1 is 1.04 bits per heavy atom. The van der Waals surface area contributed by atoms with Crippen LogP contribution in [-0.2, 0) is 0 Å². The molecular formula is C21H25BrN2O3S. The summed E-state index contributed by atoms with van der Waals surface area (Å²) in [6.45, 7) is 5.38. The number of thiocarbonyl (C=S) groups is 1. The van der Waals surface area contributed by atoms with Gasteiger partial charge in [-0.2, -0.15) is 0 Å². The van der Waals surface area contributed by atoms with Crippen LogP contribution >= 0.6 is 28.1 Å². The van der Waals surface area contributed by atoms with Crippen LogP contribution in [0.2, 0.25) is 0 Å². The topological polar surface area (TPSA) is 59.6 Å². The van der Waals surface area contributed by atoms with Gasteiger partial charge < -0.3 is 14.8 Å². The fraction of sp³-hybridized carbons (Fsp3) is 0.333. The predicted molar refractivity (Wildman–Crippen MR) is 120 cm³/mol. The molecule has 0 aliphatic heterocycles. The number of hydrogen-bond acceptors (Lipinski definition) is 4. The molecule has 28 heavy (non-hydrogen) atoms. The minimum Gasteiger partial charge on any atom is -0.494 e. The van der Waals surface area contributed by atoms with Gasteiger partial charge >= 0.3 is 0 Å². The highest BCUT2D eigenvalue weighted by atomic mass is 79.9. The van der Waals surface area contributed by atoms with Crippen molar-refractivity contribution in [3.63, 3.8) is 0 Å². The lowest BCUT2D eigenvalue weighted by molar-refractivity contribution is 0.0973. The van der Waals surface area contributed by atoms with Crippen LogP contribution in [0.4, 0.5) is 5.69 Å². The molecule has 0 atom stereocenters. The molecule has 0 aliphatic carbocycles. The van der Waals surface area contributed by atoms with Crippen molar-refractivity contribution in [3.05, 3.63) is 52.5 Å². The maximum absolute atomic E-state index is 12.6. The highest BCUT2D eigenvalue weighted by Gasteiger charge is 2.15. The molecule has 5 nitrogen and oxygen atoms in total. The van der Waals surface area contributed by atoms with Crippen molar-refractivity contribution in [1.82, 2.24) is 5.32 Å². The first kappa shape index (κ1) is 22.2. The number of anilines is 1. The minimum absolute atomic E-state index is 0.214. The van der Waals surface area contributed by atoms with E-state index in [1.807, 2.05) is 37.3 Å². The summed E-state index contributed by atoms with van der Waals surface area (Å²) in [5, 5.41) is 5.91. The van der Waals surface area contributed by atoms with Gasteiger partial charge in [-0.3, -0.25) is 10.1 Å². The van der Waals surface area contributed by atoms with Gasteiger partial charge in [-0.25, -0.2) is 0 Å². The third kappa shape index (κ3) is 7.13. The van der Waals surface area contributed by atoms with E-state index in [0.29, 0.717) is 24.5 Å². The van der Waals surface area contributed by atoms with Crippen molar-refractivity contribution in [2.75, 3.05) is 18.5 Å². The molecule has 1 amide bonds. The zero-order chi connectivity index (χ0) is 20.4. The molecule has 0 radical (unpaired) electrons. The van der Waals surface area contributed by atoms with Crippen molar-refractivity contribution < 1.29 is 14.3 Å². The number of benzene rings is 2. The monoisotopic (exact) mass is 464 g/mol. The van der Waals surface area contributed by atoms with Crippen LogP contribution in [0.25, 0.3) is 0 Å². The van der Waals surface area contributed by atoms with Gasteiger partial charge in [-0.05, 0) is 67.5 Å². The van der Waals surface area contributed by atoms with Crippen molar-refractivity contribution in [1.29, 1.82) is 0 Å². The molecule has 0 heterocycles. The maximum atomic E-state index is 12.6. The quantitative estimate of drug-likeness (QED) is 0.376. The van der Waals surface area contributed by atoms with E-state index in [1.54, 1.807) is 12.1 Å². The molecule has 7 heteroatoms. The van der Waals surface area contributed by atoms with Crippen molar-refractivity contribution in [3.8, 4) is 11.5 Å². The minimum atomic E-state index is -0.329. The van der Waals surface area contributed by atoms with Gasteiger partial charge in [0.15, 0.2) is 5.11 Å². The molecule has 0 aromatic heterocycles. The van der Waals surface area contributed by atoms with Crippen LogP contribution < -0.4 is 20.1 Å². The van der Waals surface area contributed by atoms with E-state index >= 15 is 0 Å². The van der Waals surface area contributed by atoms with Gasteiger partial charge in [-0.1, -0.05) is 36.2 Å². The summed E-state index contributed by atoms with van der Waals surface area (Å²) in [6.07, 6.45) is 2.97. The molecule has 0 aliphatic rings. The van der Waals surface area contributed by atoms with Gasteiger partial charge in [0, 0.05) is 10.2 Å². The number of ether oxygens (including phenoxy) is 2. The van der Waals surface area contributed by atoms with E-state index in [4.69, 9.17) is 21.7 Å². The lowest BCUT2D eigenvalue weighted by Gasteiger charge is -2.13. The second kappa shape index (κ2) is 11.7. The summed E-state index contributed by atoms with van der Waals surface area (Å²) in [6, 6.07) is 12.8. The van der Waals surface area contributed by atoms with E-state index in [-0.39, 0.29) is 11.0 Å². The Hall–Kier alpha value is -2.12. The van der Waals surface area contributed by atoms with E-state index in [2.05, 4.69) is 33.5 Å². The highest BCUT2D eigenvalue weighted by molar-refractivity contribution is 9.10. The normalized spacial score (nSPS) is 10.2. The standard InChI is InChI=1S/C21H25BrN2O3S/c1-3-5-13-26-17-9-7-16(8-10-17)23-21(28)24-20(25)18-14-15(22)6-11-19(18)27-12-4-2/h6-11,14H,3-5,12-13H2,1-2H3,(H2,23,24,25,28). The van der Waals surface area contributed by atoms with Gasteiger partial charge in [-0.15, -0.1) is 0 Å². The number of unbranched alkanes of at least 4 members (excludes halogenated alkanes) is 1. The number of hydrogen-bond donors (Lipinski definition) is 2. The van der Waals surface area contributed by atoms with Crippen molar-refractivity contribution in [2.45, 2.75) is 33.1 Å². The SMILES string of the molecule is CCCCOc1ccc(NC(=S)NC(=O)c2cc(Br)ccc2OCCC)cc1. The van der Waals surface area contributed by atoms with Crippen LogP contribution in [0.1, 0.15) is 43.5 Å². The first-order valence-corrected chi connectivity index (χ1v) is 10.5. The van der Waals surface area contributed by atoms with Crippen molar-refractivity contribution in [2.24, 2.45) is 0 Å². The molecule has 2 aromatic rings. The summed E-state index contributed by atoms with van der Waals surface area (Å²) in [5.74, 6) is 1.00. The largest absolute Gasteiger partial charge is 0.494 e. The Morgan fingerprint density at radius 2 is 1.79 bits per heavy atom. The van der Waals surface area contributed by atoms with E-state index in [0.717, 1.165) is 35.2 Å². The Balaban J connectivity index is 1.95. The van der Waals surface area contributed by atoms with Gasteiger partial charge in [0.2, 0.25) is 0 Å². The Morgan fingerprint density at radius 3 is 2.46 bits per heavy atom. The number of amides is 1. The first-order valence-electron chi connectivity index (χ1n) is 9.31. The van der Waals surface area contributed by atoms with Gasteiger partial charge in [0.05, 0.1) is 18.8 Å². The molecular weight excluding hydrogens is 440 g/mol. The van der Waals surface area contributed by atoms with E-state index in [9.17, 15) is 4.79 Å². The Bertz CT molecular complexity index is 797. The second-order valence-electron chi connectivity index (χ2n) is 6.12. The summed E-state index contributed by atoms with van der Waals surface area (Å²) in [7, 11) is 0. The molecule has 0 saturated carbocycles. The average Bonchev–Trinajstić information content (AvgIpc) is 2.68. The van der Waals surface area contributed by atoms with Crippen LogP contribution in [0.5, 0.6) is 11.5 Å². The molecule has 150 valence electrons. The van der Waals surface area contributed by atoms with Gasteiger partial charge in [0.25, 0.3) is 5.91 Å². The molecule has 0 unspecified atom stereocenters. The van der Waals surface area contributed by atoms with Crippen LogP contribution in [0, 0.1) is 0 Å². The maximum Gasteiger partial charge on any atom is 0.261 e. The first-order chi connectivity index (χ1) is 13.5. The van der Waals surface area contributed by atoms with Crippen LogP contribution in [-0.4, -0.2) is 24.2 Å². The molecule has 2 N–H and O–H groups in total. The molecule has 2 rings (SSSR count). The Labute approximate surface area is 179 Å². The zero-order valence-corrected chi connectivity index (χ0v) is 18.5. The fourth-order valence-corrected chi connectivity index (χ4v) is 2.89. The smallest absolute Gasteiger partial charge is 0.261 e. The second-order valence-corrected chi connectivity index (χ2v) is 7.45. The third-order valence-electron chi connectivity index (χ3n) is 3.75. The number of halogens is 1. The summed E-state index contributed by atoms with van der Waals surface area (Å²) >= 11 is 8.65. The molecule has 0 saturated heterocycles. The average molecular weight is 465 g/mol. The number of rotatable bonds is 9. The lowest BCUT2D eigenvalue weighted by Crippen LogP contribution is -2.34. The van der Waals surface area contributed by atoms with Crippen LogP contribution in [0.15, 0.2) is 46.9 Å². The Kier molecular flexibility index (Phi) is 9.23. The summed E-state index contributed by atoms with van der Waals surface area (Å²) in [4.78, 5) is 12.6. The fourth-order valence-electron chi connectivity index (χ4n) is 2.32. The predicted octanol–water partition coefficient (Wildman–Crippen LogP) is 5.54. The lowest BCUT2D eigenvalue weighted by atomic mass is 10.2. The summed E-state index contributed by atoms with van der Waals surface area (Å²) < 4.78 is 12.1. The van der Waals surface area contributed by atoms with Crippen molar-refractivity contribution >= 4 is 44.9 Å². The molecule has 0 fully saturated rings. The highest BCUT2D eigenvalue weighted by Crippen LogP contribution is 2.23. The molecule has 2 aromatic carbocycles. The summed E-state index contributed by atoms with van der Waals surface area (Å²) in [5.41, 5.74) is 1.19. The van der Waals surface area contributed by atoms with Crippen LogP contribution in [0.3, 0.4) is 0 Å². The molecule has 0 spiro atoms.